The minimum atomic E-state index is -3.92. The number of likely N-dealkylation sites (tertiary alicyclic amines) is 2. The van der Waals surface area contributed by atoms with Gasteiger partial charge in [0, 0.05) is 36.0 Å². The predicted octanol–water partition coefficient (Wildman–Crippen LogP) is 2.17. The number of nitrogens with zero attached hydrogens (tertiary/aromatic N) is 2. The first kappa shape index (κ1) is 32.1. The van der Waals surface area contributed by atoms with Gasteiger partial charge in [0.1, 0.15) is 11.8 Å². The first-order chi connectivity index (χ1) is 19.8. The maximum Gasteiger partial charge on any atom is 0.242 e. The molecule has 0 saturated carbocycles. The quantitative estimate of drug-likeness (QED) is 0.376. The van der Waals surface area contributed by atoms with Crippen molar-refractivity contribution >= 4 is 66.6 Å². The molecule has 2 aliphatic rings. The topological polar surface area (TPSA) is 150 Å². The predicted molar refractivity (Wildman–Crippen MR) is 161 cm³/mol. The normalized spacial score (nSPS) is 19.9. The Morgan fingerprint density at radius 1 is 1.05 bits per heavy atom. The Balaban J connectivity index is 1.29. The zero-order valence-corrected chi connectivity index (χ0v) is 26.2. The molecular formula is C27H33ClN4O7S3. The number of thiophene rings is 1. The monoisotopic (exact) mass is 656 g/mol. The van der Waals surface area contributed by atoms with Crippen molar-refractivity contribution in [1.82, 2.24) is 19.8 Å². The smallest absolute Gasteiger partial charge is 0.242 e. The van der Waals surface area contributed by atoms with Crippen molar-refractivity contribution < 1.29 is 31.2 Å². The number of piperidine rings is 1. The van der Waals surface area contributed by atoms with E-state index >= 15 is 0 Å². The van der Waals surface area contributed by atoms with Crippen LogP contribution in [0.5, 0.6) is 0 Å². The van der Waals surface area contributed by atoms with Gasteiger partial charge in [0.25, 0.3) is 0 Å². The van der Waals surface area contributed by atoms with Crippen LogP contribution in [0.1, 0.15) is 36.1 Å². The summed E-state index contributed by atoms with van der Waals surface area (Å²) in [5.74, 6) is -2.15. The van der Waals surface area contributed by atoms with Crippen LogP contribution in [0.25, 0.3) is 6.08 Å². The van der Waals surface area contributed by atoms with Gasteiger partial charge in [-0.05, 0) is 62.9 Å². The Kier molecular flexibility index (Phi) is 10.5. The number of sulfone groups is 1. The van der Waals surface area contributed by atoms with Crippen molar-refractivity contribution in [1.29, 1.82) is 0 Å². The van der Waals surface area contributed by atoms with Gasteiger partial charge in [-0.15, -0.1) is 11.3 Å². The lowest BCUT2D eigenvalue weighted by molar-refractivity contribution is -0.143. The maximum absolute atomic E-state index is 13.2. The van der Waals surface area contributed by atoms with E-state index in [2.05, 4.69) is 10.0 Å². The number of nitrogens with one attached hydrogen (secondary N) is 2. The molecule has 0 radical (unpaired) electrons. The average molecular weight is 657 g/mol. The van der Waals surface area contributed by atoms with Gasteiger partial charge in [0.2, 0.25) is 27.7 Å². The molecule has 2 fully saturated rings. The third kappa shape index (κ3) is 8.63. The van der Waals surface area contributed by atoms with Crippen LogP contribution in [-0.4, -0.2) is 88.4 Å². The molecule has 228 valence electrons. The number of aryl methyl sites for hydroxylation is 1. The van der Waals surface area contributed by atoms with E-state index in [0.717, 1.165) is 11.0 Å². The van der Waals surface area contributed by atoms with E-state index in [1.54, 1.807) is 29.2 Å². The van der Waals surface area contributed by atoms with Crippen LogP contribution in [0.2, 0.25) is 4.34 Å². The van der Waals surface area contributed by atoms with Crippen molar-refractivity contribution in [2.45, 2.75) is 49.6 Å². The minimum Gasteiger partial charge on any atom is -0.353 e. The van der Waals surface area contributed by atoms with Crippen LogP contribution < -0.4 is 10.0 Å². The fourth-order valence-corrected chi connectivity index (χ4v) is 8.17. The van der Waals surface area contributed by atoms with E-state index in [0.29, 0.717) is 48.0 Å². The Hall–Kier alpha value is -2.78. The number of benzene rings is 1. The summed E-state index contributed by atoms with van der Waals surface area (Å²) in [7, 11) is -7.73. The van der Waals surface area contributed by atoms with Crippen molar-refractivity contribution in [3.63, 3.8) is 0 Å². The SMILES string of the molecule is Cc1ccc(S(=O)(=O)CC(=O)NC[C@@H]2CCCN2C(=O)CN2CCC[C@H](NS(=O)(=O)C=Cc3ccc(Cl)s3)C2=O)cc1. The lowest BCUT2D eigenvalue weighted by atomic mass is 10.1. The molecule has 2 aliphatic heterocycles. The van der Waals surface area contributed by atoms with Crippen LogP contribution >= 0.6 is 22.9 Å². The van der Waals surface area contributed by atoms with E-state index in [4.69, 9.17) is 11.6 Å². The molecule has 2 aromatic rings. The second-order valence-electron chi connectivity index (χ2n) is 10.3. The zero-order valence-electron chi connectivity index (χ0n) is 23.0. The number of sulfonamides is 1. The summed E-state index contributed by atoms with van der Waals surface area (Å²) in [6, 6.07) is 8.26. The van der Waals surface area contributed by atoms with Crippen LogP contribution in [0.4, 0.5) is 0 Å². The fourth-order valence-electron chi connectivity index (χ4n) is 4.93. The average Bonchev–Trinajstić information content (AvgIpc) is 3.57. The molecule has 0 aliphatic carbocycles. The third-order valence-corrected chi connectivity index (χ3v) is 11.0. The molecule has 42 heavy (non-hydrogen) atoms. The van der Waals surface area contributed by atoms with Gasteiger partial charge in [0.15, 0.2) is 9.84 Å². The fraction of sp³-hybridized carbons (Fsp3) is 0.444. The Labute approximate surface area is 254 Å². The van der Waals surface area contributed by atoms with Crippen LogP contribution in [0, 0.1) is 6.92 Å². The second-order valence-corrected chi connectivity index (χ2v) is 15.7. The molecule has 1 aromatic carbocycles. The molecule has 15 heteroatoms. The molecule has 0 unspecified atom stereocenters. The van der Waals surface area contributed by atoms with Crippen LogP contribution in [0.15, 0.2) is 46.7 Å². The first-order valence-electron chi connectivity index (χ1n) is 13.4. The molecule has 0 spiro atoms. The number of hydrogen-bond acceptors (Lipinski definition) is 8. The van der Waals surface area contributed by atoms with Gasteiger partial charge in [-0.3, -0.25) is 14.4 Å². The Morgan fingerprint density at radius 2 is 1.76 bits per heavy atom. The van der Waals surface area contributed by atoms with E-state index in [1.807, 2.05) is 6.92 Å². The van der Waals surface area contributed by atoms with Gasteiger partial charge in [-0.1, -0.05) is 29.3 Å². The highest BCUT2D eigenvalue weighted by Gasteiger charge is 2.35. The largest absolute Gasteiger partial charge is 0.353 e. The first-order valence-corrected chi connectivity index (χ1v) is 17.8. The summed E-state index contributed by atoms with van der Waals surface area (Å²) in [4.78, 5) is 42.4. The molecule has 3 amide bonds. The number of carbonyl (C=O) groups is 3. The van der Waals surface area contributed by atoms with Crippen molar-refractivity contribution in [2.24, 2.45) is 0 Å². The van der Waals surface area contributed by atoms with Gasteiger partial charge in [-0.2, -0.15) is 4.72 Å². The zero-order chi connectivity index (χ0) is 30.5. The molecule has 1 aromatic heterocycles. The van der Waals surface area contributed by atoms with Gasteiger partial charge >= 0.3 is 0 Å². The molecule has 0 bridgehead atoms. The van der Waals surface area contributed by atoms with Gasteiger partial charge < -0.3 is 15.1 Å². The summed E-state index contributed by atoms with van der Waals surface area (Å²) in [6.07, 6.45) is 3.55. The lowest BCUT2D eigenvalue weighted by Gasteiger charge is -2.34. The molecule has 2 atom stereocenters. The maximum atomic E-state index is 13.2. The Bertz CT molecular complexity index is 1560. The molecule has 3 heterocycles. The minimum absolute atomic E-state index is 0.0659. The van der Waals surface area contributed by atoms with E-state index in [1.165, 1.54) is 34.4 Å². The second kappa shape index (κ2) is 13.7. The van der Waals surface area contributed by atoms with E-state index in [-0.39, 0.29) is 29.9 Å². The number of rotatable bonds is 11. The molecule has 11 nitrogen and oxygen atoms in total. The summed E-state index contributed by atoms with van der Waals surface area (Å²) < 4.78 is 53.2. The molecular weight excluding hydrogens is 624 g/mol. The Morgan fingerprint density at radius 3 is 2.45 bits per heavy atom. The van der Waals surface area contributed by atoms with Crippen LogP contribution in [-0.2, 0) is 34.2 Å². The summed E-state index contributed by atoms with van der Waals surface area (Å²) in [5, 5.41) is 3.62. The summed E-state index contributed by atoms with van der Waals surface area (Å²) in [6.45, 7) is 2.47. The molecule has 2 saturated heterocycles. The lowest BCUT2D eigenvalue weighted by Crippen LogP contribution is -2.55. The van der Waals surface area contributed by atoms with E-state index in [9.17, 15) is 31.2 Å². The van der Waals surface area contributed by atoms with Crippen molar-refractivity contribution in [2.75, 3.05) is 31.9 Å². The highest BCUT2D eigenvalue weighted by molar-refractivity contribution is 7.92. The summed E-state index contributed by atoms with van der Waals surface area (Å²) in [5.41, 5.74) is 0.903. The van der Waals surface area contributed by atoms with Gasteiger partial charge in [-0.25, -0.2) is 16.8 Å². The molecule has 2 N–H and O–H groups in total. The highest BCUT2D eigenvalue weighted by Crippen LogP contribution is 2.23. The van der Waals surface area contributed by atoms with Crippen molar-refractivity contribution in [3.05, 3.63) is 56.6 Å². The third-order valence-electron chi connectivity index (χ3n) is 7.10. The number of carbonyl (C=O) groups excluding carboxylic acids is 3. The number of hydrogen-bond donors (Lipinski definition) is 2. The molecule has 4 rings (SSSR count). The summed E-state index contributed by atoms with van der Waals surface area (Å²) >= 11 is 7.10. The standard InChI is InChI=1S/C27H33ClN4O7S3/c1-19-6-9-22(10-7-19)41(36,37)18-25(33)29-16-20-4-2-14-32(20)26(34)17-31-13-3-5-23(27(31)35)30-42(38,39)15-12-21-8-11-24(28)40-21/h6-12,15,20,23,30H,2-5,13-14,16-18H2,1H3,(H,29,33)/t20-,23-/m0/s1. The highest BCUT2D eigenvalue weighted by atomic mass is 35.5. The van der Waals surface area contributed by atoms with Crippen LogP contribution in [0.3, 0.4) is 0 Å². The number of halogens is 1. The number of amides is 3. The van der Waals surface area contributed by atoms with E-state index < -0.39 is 43.5 Å². The van der Waals surface area contributed by atoms with Gasteiger partial charge in [0.05, 0.1) is 15.8 Å². The van der Waals surface area contributed by atoms with Crippen molar-refractivity contribution in [3.8, 4) is 0 Å².